The van der Waals surface area contributed by atoms with Gasteiger partial charge in [-0.25, -0.2) is 4.98 Å². The summed E-state index contributed by atoms with van der Waals surface area (Å²) in [5.41, 5.74) is 8.32. The van der Waals surface area contributed by atoms with Crippen molar-refractivity contribution >= 4 is 76.1 Å². The lowest BCUT2D eigenvalue weighted by Crippen LogP contribution is -1.94. The van der Waals surface area contributed by atoms with Gasteiger partial charge in [-0.05, 0) is 35.7 Å². The number of hydrogen-bond acceptors (Lipinski definition) is 3. The van der Waals surface area contributed by atoms with Crippen LogP contribution in [0.5, 0.6) is 0 Å². The number of thiazole rings is 1. The normalized spacial score (nSPS) is 12.2. The van der Waals surface area contributed by atoms with Crippen LogP contribution in [-0.4, -0.2) is 9.55 Å². The fourth-order valence-corrected chi connectivity index (χ4v) is 6.08. The Morgan fingerprint density at radius 3 is 2.36 bits per heavy atom. The highest BCUT2D eigenvalue weighted by Gasteiger charge is 2.22. The summed E-state index contributed by atoms with van der Waals surface area (Å²) in [6, 6.07) is 32.2. The van der Waals surface area contributed by atoms with Crippen LogP contribution in [0.15, 0.2) is 101 Å². The molecule has 0 saturated carbocycles. The molecule has 3 aromatic heterocycles. The van der Waals surface area contributed by atoms with Crippen molar-refractivity contribution in [3.63, 3.8) is 0 Å². The van der Waals surface area contributed by atoms with Gasteiger partial charge in [0.2, 0.25) is 0 Å². The minimum atomic E-state index is 0.924. The lowest BCUT2D eigenvalue weighted by molar-refractivity contribution is 0.673. The maximum atomic E-state index is 6.57. The third-order valence-corrected chi connectivity index (χ3v) is 7.51. The fourth-order valence-electron chi connectivity index (χ4n) is 5.37. The summed E-state index contributed by atoms with van der Waals surface area (Å²) in [4.78, 5) is 4.48. The van der Waals surface area contributed by atoms with Crippen molar-refractivity contribution in [2.75, 3.05) is 0 Å². The predicted octanol–water partition coefficient (Wildman–Crippen LogP) is 8.45. The highest BCUT2D eigenvalue weighted by molar-refractivity contribution is 7.16. The molecule has 0 bridgehead atoms. The van der Waals surface area contributed by atoms with E-state index in [0.717, 1.165) is 27.8 Å². The summed E-state index contributed by atoms with van der Waals surface area (Å²) in [7, 11) is 0. The average molecular weight is 441 g/mol. The molecule has 8 rings (SSSR count). The smallest absolute Gasteiger partial charge is 0.146 e. The SMILES string of the molecule is c1ccc2c(c1)oc1c2c2ccccc2c2c1c1ccccc1n2-c1ccc2ncsc2c1. The number of rotatable bonds is 1. The van der Waals surface area contributed by atoms with Crippen LogP contribution < -0.4 is 0 Å². The van der Waals surface area contributed by atoms with Crippen molar-refractivity contribution in [3.8, 4) is 5.69 Å². The van der Waals surface area contributed by atoms with Crippen molar-refractivity contribution in [1.29, 1.82) is 0 Å². The Labute approximate surface area is 192 Å². The van der Waals surface area contributed by atoms with Gasteiger partial charge in [0.1, 0.15) is 11.2 Å². The predicted molar refractivity (Wildman–Crippen MR) is 139 cm³/mol. The van der Waals surface area contributed by atoms with Crippen LogP contribution in [-0.2, 0) is 0 Å². The molecule has 3 heterocycles. The van der Waals surface area contributed by atoms with Gasteiger partial charge in [-0.15, -0.1) is 11.3 Å². The van der Waals surface area contributed by atoms with Crippen LogP contribution in [0.4, 0.5) is 0 Å². The molecule has 0 aliphatic heterocycles. The third-order valence-electron chi connectivity index (χ3n) is 6.72. The highest BCUT2D eigenvalue weighted by Crippen LogP contribution is 2.45. The Balaban J connectivity index is 1.70. The fraction of sp³-hybridized carbons (Fsp3) is 0. The second-order valence-corrected chi connectivity index (χ2v) is 9.31. The highest BCUT2D eigenvalue weighted by atomic mass is 32.1. The van der Waals surface area contributed by atoms with E-state index in [1.54, 1.807) is 11.3 Å². The minimum absolute atomic E-state index is 0.924. The number of benzene rings is 5. The molecule has 154 valence electrons. The monoisotopic (exact) mass is 440 g/mol. The number of furan rings is 1. The van der Waals surface area contributed by atoms with Gasteiger partial charge in [-0.3, -0.25) is 0 Å². The van der Waals surface area contributed by atoms with E-state index in [-0.39, 0.29) is 0 Å². The largest absolute Gasteiger partial charge is 0.455 e. The van der Waals surface area contributed by atoms with Crippen molar-refractivity contribution < 1.29 is 4.42 Å². The Morgan fingerprint density at radius 2 is 1.45 bits per heavy atom. The minimum Gasteiger partial charge on any atom is -0.455 e. The molecule has 0 radical (unpaired) electrons. The lowest BCUT2D eigenvalue weighted by Gasteiger charge is -2.10. The number of aromatic nitrogens is 2. The van der Waals surface area contributed by atoms with Crippen LogP contribution in [0.25, 0.3) is 70.4 Å². The van der Waals surface area contributed by atoms with Gasteiger partial charge in [0.25, 0.3) is 0 Å². The second-order valence-electron chi connectivity index (χ2n) is 8.43. The quantitative estimate of drug-likeness (QED) is 0.256. The molecule has 0 aliphatic carbocycles. The first kappa shape index (κ1) is 17.4. The second kappa shape index (κ2) is 6.21. The molecule has 4 heteroatoms. The number of nitrogens with zero attached hydrogens (tertiary/aromatic N) is 2. The van der Waals surface area contributed by atoms with Crippen molar-refractivity contribution in [2.45, 2.75) is 0 Å². The summed E-state index contributed by atoms with van der Waals surface area (Å²) < 4.78 is 10.1. The molecule has 0 amide bonds. The van der Waals surface area contributed by atoms with Crippen molar-refractivity contribution in [3.05, 3.63) is 96.5 Å². The van der Waals surface area contributed by atoms with Gasteiger partial charge in [0.15, 0.2) is 0 Å². The third kappa shape index (κ3) is 2.21. The Bertz CT molecular complexity index is 2040. The van der Waals surface area contributed by atoms with E-state index in [2.05, 4.69) is 94.5 Å². The van der Waals surface area contributed by atoms with E-state index in [1.807, 2.05) is 11.6 Å². The standard InChI is InChI=1S/C29H16N2OS/c1-2-8-19-18(7-1)26-21-10-4-6-12-24(21)32-29(26)27-20-9-3-5-11-23(20)31(28(19)27)17-13-14-22-25(15-17)33-16-30-22/h1-16H. The van der Waals surface area contributed by atoms with Crippen molar-refractivity contribution in [2.24, 2.45) is 0 Å². The number of hydrogen-bond donors (Lipinski definition) is 0. The van der Waals surface area contributed by atoms with Crippen LogP contribution in [0.1, 0.15) is 0 Å². The molecule has 0 fully saturated rings. The van der Waals surface area contributed by atoms with Crippen LogP contribution in [0.3, 0.4) is 0 Å². The molecule has 0 saturated heterocycles. The Morgan fingerprint density at radius 1 is 0.697 bits per heavy atom. The zero-order chi connectivity index (χ0) is 21.5. The molecule has 0 atom stereocenters. The molecule has 0 spiro atoms. The average Bonchev–Trinajstić information content (AvgIpc) is 3.57. The van der Waals surface area contributed by atoms with Crippen molar-refractivity contribution in [1.82, 2.24) is 9.55 Å². The zero-order valence-electron chi connectivity index (χ0n) is 17.4. The number of fused-ring (bicyclic) bond motifs is 11. The van der Waals surface area contributed by atoms with E-state index in [9.17, 15) is 0 Å². The summed E-state index contributed by atoms with van der Waals surface area (Å²) >= 11 is 1.68. The van der Waals surface area contributed by atoms with E-state index < -0.39 is 0 Å². The lowest BCUT2D eigenvalue weighted by atomic mass is 9.99. The summed E-state index contributed by atoms with van der Waals surface area (Å²) in [5.74, 6) is 0. The van der Waals surface area contributed by atoms with Crippen LogP contribution in [0.2, 0.25) is 0 Å². The Kier molecular flexibility index (Phi) is 3.28. The molecule has 0 aliphatic rings. The molecule has 5 aromatic carbocycles. The molecule has 33 heavy (non-hydrogen) atoms. The first-order valence-corrected chi connectivity index (χ1v) is 11.9. The van der Waals surface area contributed by atoms with Gasteiger partial charge in [-0.2, -0.15) is 0 Å². The Hall–Kier alpha value is -4.15. The molecule has 8 aromatic rings. The van der Waals surface area contributed by atoms with E-state index in [1.165, 1.54) is 42.7 Å². The van der Waals surface area contributed by atoms with Crippen LogP contribution in [0, 0.1) is 0 Å². The first-order valence-electron chi connectivity index (χ1n) is 11.0. The summed E-state index contributed by atoms with van der Waals surface area (Å²) in [6.07, 6.45) is 0. The summed E-state index contributed by atoms with van der Waals surface area (Å²) in [6.45, 7) is 0. The van der Waals surface area contributed by atoms with Gasteiger partial charge < -0.3 is 8.98 Å². The van der Waals surface area contributed by atoms with Gasteiger partial charge in [0, 0.05) is 27.2 Å². The molecule has 3 nitrogen and oxygen atoms in total. The first-order chi connectivity index (χ1) is 16.4. The van der Waals surface area contributed by atoms with Gasteiger partial charge in [0.05, 0.1) is 32.1 Å². The number of para-hydroxylation sites is 2. The van der Waals surface area contributed by atoms with E-state index in [4.69, 9.17) is 4.42 Å². The molecular weight excluding hydrogens is 424 g/mol. The van der Waals surface area contributed by atoms with E-state index >= 15 is 0 Å². The maximum absolute atomic E-state index is 6.57. The maximum Gasteiger partial charge on any atom is 0.146 e. The topological polar surface area (TPSA) is 31.0 Å². The van der Waals surface area contributed by atoms with Gasteiger partial charge in [-0.1, -0.05) is 60.7 Å². The summed E-state index contributed by atoms with van der Waals surface area (Å²) in [5, 5.41) is 7.16. The van der Waals surface area contributed by atoms with Crippen LogP contribution >= 0.6 is 11.3 Å². The zero-order valence-corrected chi connectivity index (χ0v) is 18.3. The molecule has 0 unspecified atom stereocenters. The molecule has 0 N–H and O–H groups in total. The van der Waals surface area contributed by atoms with Gasteiger partial charge >= 0.3 is 0 Å². The molecular formula is C29H16N2OS. The van der Waals surface area contributed by atoms with E-state index in [0.29, 0.717) is 0 Å².